The first-order valence-corrected chi connectivity index (χ1v) is 7.69. The Morgan fingerprint density at radius 3 is 2.43 bits per heavy atom. The summed E-state index contributed by atoms with van der Waals surface area (Å²) < 4.78 is 5.68. The van der Waals surface area contributed by atoms with Gasteiger partial charge in [0, 0.05) is 0 Å². The number of rotatable bonds is 6. The van der Waals surface area contributed by atoms with Crippen LogP contribution in [0.15, 0.2) is 24.3 Å². The fourth-order valence-corrected chi connectivity index (χ4v) is 2.81. The van der Waals surface area contributed by atoms with E-state index in [0.717, 1.165) is 18.6 Å². The minimum Gasteiger partial charge on any atom is -0.491 e. The highest BCUT2D eigenvalue weighted by atomic mass is 16.5. The van der Waals surface area contributed by atoms with E-state index < -0.39 is 11.6 Å². The lowest BCUT2D eigenvalue weighted by atomic mass is 9.79. The maximum Gasteiger partial charge on any atom is 0.306 e. The third-order valence-corrected chi connectivity index (χ3v) is 4.24. The van der Waals surface area contributed by atoms with Gasteiger partial charge in [0.1, 0.15) is 12.4 Å². The third-order valence-electron chi connectivity index (χ3n) is 4.24. The van der Waals surface area contributed by atoms with Crippen molar-refractivity contribution in [1.29, 1.82) is 0 Å². The first-order valence-electron chi connectivity index (χ1n) is 7.69. The number of ether oxygens (including phenoxy) is 1. The second-order valence-electron chi connectivity index (χ2n) is 6.02. The Morgan fingerprint density at radius 1 is 1.29 bits per heavy atom. The minimum absolute atomic E-state index is 0.229. The van der Waals surface area contributed by atoms with Crippen LogP contribution in [0.25, 0.3) is 0 Å². The third kappa shape index (κ3) is 4.46. The maximum atomic E-state index is 10.9. The zero-order valence-electron chi connectivity index (χ0n) is 12.5. The smallest absolute Gasteiger partial charge is 0.306 e. The molecule has 1 aromatic carbocycles. The standard InChI is InChI=1S/C17H24O4/c1-2-3-13-4-6-15(7-5-13)21-12-17(20)10-8-14(9-11-17)16(18)19/h4-7,14,20H,2-3,8-12H2,1H3,(H,18,19). The molecule has 0 radical (unpaired) electrons. The quantitative estimate of drug-likeness (QED) is 0.845. The molecule has 1 aromatic rings. The van der Waals surface area contributed by atoms with E-state index in [2.05, 4.69) is 6.92 Å². The van der Waals surface area contributed by atoms with Gasteiger partial charge in [-0.25, -0.2) is 0 Å². The number of carboxylic acid groups (broad SMARTS) is 1. The number of aryl methyl sites for hydroxylation is 1. The van der Waals surface area contributed by atoms with Crippen molar-refractivity contribution in [3.05, 3.63) is 29.8 Å². The van der Waals surface area contributed by atoms with Gasteiger partial charge in [-0.3, -0.25) is 4.79 Å². The summed E-state index contributed by atoms with van der Waals surface area (Å²) in [5, 5.41) is 19.4. The van der Waals surface area contributed by atoms with Gasteiger partial charge in [0.25, 0.3) is 0 Å². The Morgan fingerprint density at radius 2 is 1.90 bits per heavy atom. The van der Waals surface area contributed by atoms with E-state index in [1.54, 1.807) is 0 Å². The largest absolute Gasteiger partial charge is 0.491 e. The number of benzene rings is 1. The van der Waals surface area contributed by atoms with Crippen LogP contribution in [0.4, 0.5) is 0 Å². The molecular formula is C17H24O4. The van der Waals surface area contributed by atoms with Crippen LogP contribution in [0.1, 0.15) is 44.6 Å². The van der Waals surface area contributed by atoms with Crippen molar-refractivity contribution in [1.82, 2.24) is 0 Å². The first-order chi connectivity index (χ1) is 10.0. The Kier molecular flexibility index (Phi) is 5.23. The molecule has 0 bridgehead atoms. The number of hydrogen-bond donors (Lipinski definition) is 2. The van der Waals surface area contributed by atoms with Crippen LogP contribution < -0.4 is 4.74 Å². The van der Waals surface area contributed by atoms with Crippen molar-refractivity contribution < 1.29 is 19.7 Å². The number of carbonyl (C=O) groups is 1. The highest BCUT2D eigenvalue weighted by Gasteiger charge is 2.36. The van der Waals surface area contributed by atoms with Gasteiger partial charge >= 0.3 is 5.97 Å². The zero-order chi connectivity index (χ0) is 15.3. The zero-order valence-corrected chi connectivity index (χ0v) is 12.5. The second kappa shape index (κ2) is 6.94. The molecule has 1 aliphatic carbocycles. The van der Waals surface area contributed by atoms with E-state index in [0.29, 0.717) is 25.7 Å². The molecule has 116 valence electrons. The molecular weight excluding hydrogens is 268 g/mol. The summed E-state index contributed by atoms with van der Waals surface area (Å²) in [6, 6.07) is 7.95. The van der Waals surface area contributed by atoms with Gasteiger partial charge in [-0.2, -0.15) is 0 Å². The molecule has 4 heteroatoms. The van der Waals surface area contributed by atoms with Gasteiger partial charge < -0.3 is 14.9 Å². The van der Waals surface area contributed by atoms with Gasteiger partial charge in [-0.15, -0.1) is 0 Å². The molecule has 0 heterocycles. The summed E-state index contributed by atoms with van der Waals surface area (Å²) in [4.78, 5) is 10.9. The van der Waals surface area contributed by atoms with E-state index in [1.807, 2.05) is 24.3 Å². The number of aliphatic carboxylic acids is 1. The van der Waals surface area contributed by atoms with E-state index in [9.17, 15) is 9.90 Å². The molecule has 0 unspecified atom stereocenters. The topological polar surface area (TPSA) is 66.8 Å². The normalized spacial score (nSPS) is 25.5. The lowest BCUT2D eigenvalue weighted by Crippen LogP contribution is -2.41. The highest BCUT2D eigenvalue weighted by molar-refractivity contribution is 5.70. The minimum atomic E-state index is -0.895. The predicted octanol–water partition coefficient (Wildman–Crippen LogP) is 3.02. The lowest BCUT2D eigenvalue weighted by molar-refractivity contribution is -0.145. The van der Waals surface area contributed by atoms with Crippen molar-refractivity contribution in [2.45, 2.75) is 51.0 Å². The van der Waals surface area contributed by atoms with Gasteiger partial charge in [-0.1, -0.05) is 25.5 Å². The van der Waals surface area contributed by atoms with E-state index >= 15 is 0 Å². The Balaban J connectivity index is 1.83. The molecule has 0 saturated heterocycles. The Hall–Kier alpha value is -1.55. The van der Waals surface area contributed by atoms with Gasteiger partial charge in [-0.05, 0) is 49.8 Å². The monoisotopic (exact) mass is 292 g/mol. The molecule has 0 atom stereocenters. The molecule has 0 spiro atoms. The maximum absolute atomic E-state index is 10.9. The molecule has 2 rings (SSSR count). The lowest BCUT2D eigenvalue weighted by Gasteiger charge is -2.34. The molecule has 0 amide bonds. The Labute approximate surface area is 125 Å². The summed E-state index contributed by atoms with van der Waals surface area (Å²) in [5.41, 5.74) is 0.388. The molecule has 1 saturated carbocycles. The van der Waals surface area contributed by atoms with E-state index in [4.69, 9.17) is 9.84 Å². The molecule has 2 N–H and O–H groups in total. The van der Waals surface area contributed by atoms with E-state index in [-0.39, 0.29) is 12.5 Å². The summed E-state index contributed by atoms with van der Waals surface area (Å²) in [6.07, 6.45) is 4.18. The summed E-state index contributed by atoms with van der Waals surface area (Å²) in [5.74, 6) is -0.327. The first kappa shape index (κ1) is 15.8. The molecule has 1 aliphatic rings. The average molecular weight is 292 g/mol. The van der Waals surface area contributed by atoms with E-state index in [1.165, 1.54) is 5.56 Å². The van der Waals surface area contributed by atoms with Crippen molar-refractivity contribution in [3.8, 4) is 5.75 Å². The predicted molar refractivity (Wildman–Crippen MR) is 80.5 cm³/mol. The van der Waals surface area contributed by atoms with Crippen molar-refractivity contribution in [2.75, 3.05) is 6.61 Å². The Bertz CT molecular complexity index is 458. The number of aliphatic hydroxyl groups is 1. The van der Waals surface area contributed by atoms with Crippen LogP contribution in [0.2, 0.25) is 0 Å². The summed E-state index contributed by atoms with van der Waals surface area (Å²) in [7, 11) is 0. The molecule has 0 aliphatic heterocycles. The fourth-order valence-electron chi connectivity index (χ4n) is 2.81. The summed E-state index contributed by atoms with van der Waals surface area (Å²) >= 11 is 0. The van der Waals surface area contributed by atoms with Crippen LogP contribution in [-0.2, 0) is 11.2 Å². The van der Waals surface area contributed by atoms with Gasteiger partial charge in [0.2, 0.25) is 0 Å². The fraction of sp³-hybridized carbons (Fsp3) is 0.588. The van der Waals surface area contributed by atoms with Crippen LogP contribution in [0.5, 0.6) is 5.75 Å². The van der Waals surface area contributed by atoms with Crippen LogP contribution in [0.3, 0.4) is 0 Å². The van der Waals surface area contributed by atoms with Crippen LogP contribution in [-0.4, -0.2) is 28.4 Å². The van der Waals surface area contributed by atoms with Crippen LogP contribution in [0, 0.1) is 5.92 Å². The SMILES string of the molecule is CCCc1ccc(OCC2(O)CCC(C(=O)O)CC2)cc1. The van der Waals surface area contributed by atoms with Crippen LogP contribution >= 0.6 is 0 Å². The van der Waals surface area contributed by atoms with Gasteiger partial charge in [0.15, 0.2) is 0 Å². The molecule has 1 fully saturated rings. The number of carboxylic acids is 1. The molecule has 0 aromatic heterocycles. The molecule has 4 nitrogen and oxygen atoms in total. The van der Waals surface area contributed by atoms with Gasteiger partial charge in [0.05, 0.1) is 11.5 Å². The van der Waals surface area contributed by atoms with Crippen molar-refractivity contribution in [3.63, 3.8) is 0 Å². The van der Waals surface area contributed by atoms with Crippen molar-refractivity contribution in [2.24, 2.45) is 5.92 Å². The number of hydrogen-bond acceptors (Lipinski definition) is 3. The average Bonchev–Trinajstić information content (AvgIpc) is 2.47. The molecule has 21 heavy (non-hydrogen) atoms. The highest BCUT2D eigenvalue weighted by Crippen LogP contribution is 2.32. The summed E-state index contributed by atoms with van der Waals surface area (Å²) in [6.45, 7) is 2.37. The second-order valence-corrected chi connectivity index (χ2v) is 6.02. The van der Waals surface area contributed by atoms with Crippen molar-refractivity contribution >= 4 is 5.97 Å².